The molecule has 330 valence electrons. The summed E-state index contributed by atoms with van der Waals surface area (Å²) < 4.78 is 11.2. The Balaban J connectivity index is 0.934. The van der Waals surface area contributed by atoms with Gasteiger partial charge < -0.3 is 8.83 Å². The van der Waals surface area contributed by atoms with Crippen molar-refractivity contribution in [1.82, 2.24) is 24.9 Å². The van der Waals surface area contributed by atoms with Crippen LogP contribution in [0.5, 0.6) is 0 Å². The molecule has 12 rings (SSSR count). The topological polar surface area (TPSA) is 125 Å². The predicted molar refractivity (Wildman–Crippen MR) is 274 cm³/mol. The van der Waals surface area contributed by atoms with E-state index < -0.39 is 11.3 Å². The van der Waals surface area contributed by atoms with Gasteiger partial charge in [-0.15, -0.1) is 0 Å². The number of aryl methyl sites for hydroxylation is 4. The van der Waals surface area contributed by atoms with Gasteiger partial charge in [0.25, 0.3) is 0 Å². The van der Waals surface area contributed by atoms with Crippen LogP contribution >= 0.6 is 0 Å². The highest BCUT2D eigenvalue weighted by atomic mass is 16.4. The van der Waals surface area contributed by atoms with Crippen molar-refractivity contribution in [1.29, 1.82) is 0 Å². The zero-order chi connectivity index (χ0) is 46.3. The van der Waals surface area contributed by atoms with E-state index in [1.54, 1.807) is 12.4 Å². The lowest BCUT2D eigenvalue weighted by Gasteiger charge is -2.17. The monoisotopic (exact) mass is 895 g/mol. The summed E-state index contributed by atoms with van der Waals surface area (Å²) in [6.45, 7) is 0. The summed E-state index contributed by atoms with van der Waals surface area (Å²) in [7, 11) is 0. The number of benzene rings is 4. The number of allylic oxidation sites excluding steroid dienone is 4. The van der Waals surface area contributed by atoms with Gasteiger partial charge in [0.2, 0.25) is 11.4 Å². The van der Waals surface area contributed by atoms with Crippen LogP contribution in [0.4, 0.5) is 0 Å². The Hall–Kier alpha value is -8.95. The molecule has 0 fully saturated rings. The van der Waals surface area contributed by atoms with Crippen molar-refractivity contribution in [3.8, 4) is 33.5 Å². The molecule has 0 saturated heterocycles. The maximum atomic E-state index is 13.1. The summed E-state index contributed by atoms with van der Waals surface area (Å²) in [5.74, 6) is 0. The second-order valence-corrected chi connectivity index (χ2v) is 17.4. The Morgan fingerprint density at radius 2 is 0.957 bits per heavy atom. The van der Waals surface area contributed by atoms with Crippen LogP contribution < -0.4 is 11.3 Å². The third kappa shape index (κ3) is 8.10. The second kappa shape index (κ2) is 17.7. The molecular weight excluding hydrogens is 855 g/mol. The van der Waals surface area contributed by atoms with E-state index in [0.29, 0.717) is 58.3 Å². The van der Waals surface area contributed by atoms with E-state index >= 15 is 0 Å². The molecule has 1 aliphatic rings. The standard InChI is InChI=1S/C60H41N5O4/c66-59-51-31-39(34-64-55(51)48-16-8-26-61-57(48)68-59)20-18-37-28-38(19-21-40-32-52-56(65-35-40)49-17-9-27-62-58(49)69-60(52)67)30-45(29-37)46-14-7-15-47(46)53-36-63-54(44-12-5-2-6-13-44)33-50(53)43-24-22-42(23-25-43)41-10-3-1-4-11-41/h1-13,15-17,22-36H,14,18-21H2. The van der Waals surface area contributed by atoms with Crippen LogP contribution in [0.1, 0.15) is 39.8 Å². The minimum Gasteiger partial charge on any atom is -0.403 e. The van der Waals surface area contributed by atoms with E-state index in [0.717, 1.165) is 73.3 Å². The highest BCUT2D eigenvalue weighted by Gasteiger charge is 2.21. The molecule has 1 aliphatic carbocycles. The number of nitrogens with zero attached hydrogens (tertiary/aromatic N) is 5. The van der Waals surface area contributed by atoms with Crippen LogP contribution in [0, 0.1) is 0 Å². The first-order valence-electron chi connectivity index (χ1n) is 23.1. The van der Waals surface area contributed by atoms with E-state index in [1.807, 2.05) is 79.3 Å². The van der Waals surface area contributed by atoms with Gasteiger partial charge in [-0.25, -0.2) is 19.6 Å². The minimum atomic E-state index is -0.452. The van der Waals surface area contributed by atoms with Crippen LogP contribution in [0.25, 0.3) is 88.7 Å². The summed E-state index contributed by atoms with van der Waals surface area (Å²) in [6, 6.07) is 49.8. The molecular formula is C60H41N5O4. The van der Waals surface area contributed by atoms with Crippen molar-refractivity contribution in [2.45, 2.75) is 32.1 Å². The molecule has 0 spiro atoms. The van der Waals surface area contributed by atoms with Crippen molar-refractivity contribution in [2.75, 3.05) is 0 Å². The van der Waals surface area contributed by atoms with Crippen LogP contribution in [0.3, 0.4) is 0 Å². The van der Waals surface area contributed by atoms with Crippen LogP contribution in [0.15, 0.2) is 207 Å². The summed E-state index contributed by atoms with van der Waals surface area (Å²) >= 11 is 0. The molecule has 9 heteroatoms. The van der Waals surface area contributed by atoms with Crippen molar-refractivity contribution >= 4 is 55.2 Å². The van der Waals surface area contributed by atoms with Crippen LogP contribution in [0.2, 0.25) is 0 Å². The van der Waals surface area contributed by atoms with E-state index in [4.69, 9.17) is 23.8 Å². The molecule has 7 heterocycles. The number of rotatable bonds is 11. The van der Waals surface area contributed by atoms with Crippen LogP contribution in [-0.4, -0.2) is 24.9 Å². The van der Waals surface area contributed by atoms with E-state index in [1.165, 1.54) is 11.1 Å². The first-order valence-corrected chi connectivity index (χ1v) is 23.1. The second-order valence-electron chi connectivity index (χ2n) is 17.4. The fourth-order valence-corrected chi connectivity index (χ4v) is 9.60. The molecule has 11 aromatic rings. The Morgan fingerprint density at radius 1 is 0.420 bits per heavy atom. The van der Waals surface area contributed by atoms with Gasteiger partial charge >= 0.3 is 11.3 Å². The first-order chi connectivity index (χ1) is 34.0. The van der Waals surface area contributed by atoms with Gasteiger partial charge in [0.15, 0.2) is 0 Å². The Morgan fingerprint density at radius 3 is 1.55 bits per heavy atom. The van der Waals surface area contributed by atoms with Crippen molar-refractivity contribution in [3.05, 3.63) is 243 Å². The maximum absolute atomic E-state index is 13.1. The summed E-state index contributed by atoms with van der Waals surface area (Å²) in [5, 5.41) is 2.29. The van der Waals surface area contributed by atoms with Crippen molar-refractivity contribution in [3.63, 3.8) is 0 Å². The lowest BCUT2D eigenvalue weighted by molar-refractivity contribution is 0.557. The van der Waals surface area contributed by atoms with Crippen molar-refractivity contribution in [2.24, 2.45) is 0 Å². The molecule has 0 radical (unpaired) electrons. The molecule has 4 aromatic carbocycles. The Kier molecular flexibility index (Phi) is 10.6. The zero-order valence-electron chi connectivity index (χ0n) is 37.3. The third-order valence-corrected chi connectivity index (χ3v) is 13.1. The van der Waals surface area contributed by atoms with Gasteiger partial charge in [0.1, 0.15) is 0 Å². The maximum Gasteiger partial charge on any atom is 0.347 e. The lowest BCUT2D eigenvalue weighted by atomic mass is 9.88. The molecule has 0 amide bonds. The number of hydrogen-bond acceptors (Lipinski definition) is 9. The molecule has 0 unspecified atom stereocenters. The molecule has 0 atom stereocenters. The van der Waals surface area contributed by atoms with Gasteiger partial charge in [0.05, 0.1) is 38.3 Å². The quantitative estimate of drug-likeness (QED) is 0.117. The summed E-state index contributed by atoms with van der Waals surface area (Å²) in [6.07, 6.45) is 16.9. The van der Waals surface area contributed by atoms with Gasteiger partial charge in [-0.1, -0.05) is 115 Å². The summed E-state index contributed by atoms with van der Waals surface area (Å²) in [5.41, 5.74) is 16.0. The average molecular weight is 896 g/mol. The molecule has 0 bridgehead atoms. The van der Waals surface area contributed by atoms with E-state index in [2.05, 4.69) is 107 Å². The highest BCUT2D eigenvalue weighted by Crippen LogP contribution is 2.41. The average Bonchev–Trinajstić information content (AvgIpc) is 3.90. The number of hydrogen-bond donors (Lipinski definition) is 0. The van der Waals surface area contributed by atoms with Crippen molar-refractivity contribution < 1.29 is 8.83 Å². The lowest BCUT2D eigenvalue weighted by Crippen LogP contribution is -2.04. The largest absolute Gasteiger partial charge is 0.403 e. The van der Waals surface area contributed by atoms with Gasteiger partial charge in [-0.3, -0.25) is 15.0 Å². The van der Waals surface area contributed by atoms with Gasteiger partial charge in [0, 0.05) is 42.1 Å². The molecule has 0 saturated carbocycles. The molecule has 69 heavy (non-hydrogen) atoms. The molecule has 0 aliphatic heterocycles. The number of fused-ring (bicyclic) bond motifs is 6. The van der Waals surface area contributed by atoms with E-state index in [9.17, 15) is 9.59 Å². The fraction of sp³-hybridized carbons (Fsp3) is 0.0833. The molecule has 9 nitrogen and oxygen atoms in total. The minimum absolute atomic E-state index is 0.277. The fourth-order valence-electron chi connectivity index (χ4n) is 9.60. The Labute approximate surface area is 395 Å². The molecule has 7 aromatic heterocycles. The SMILES string of the molecule is O=c1oc2ncccc2c2ncc(CCc3cc(CCc4cnc5c(c4)c(=O)oc4ncccc45)cc(C4=C(c5cnc(-c6ccccc6)cc5-c5ccc(-c6ccccc6)cc5)C=CC4)c3)cc12. The van der Waals surface area contributed by atoms with E-state index in [-0.39, 0.29) is 11.4 Å². The van der Waals surface area contributed by atoms with Gasteiger partial charge in [-0.2, -0.15) is 0 Å². The first kappa shape index (κ1) is 41.5. The third-order valence-electron chi connectivity index (χ3n) is 13.1. The van der Waals surface area contributed by atoms with Gasteiger partial charge in [-0.05, 0) is 136 Å². The normalized spacial score (nSPS) is 12.5. The molecule has 0 N–H and O–H groups in total. The summed E-state index contributed by atoms with van der Waals surface area (Å²) in [4.78, 5) is 49.3. The Bertz CT molecular complexity index is 3820. The number of aromatic nitrogens is 5. The zero-order valence-corrected chi connectivity index (χ0v) is 37.3. The predicted octanol–water partition coefficient (Wildman–Crippen LogP) is 12.6. The number of pyridine rings is 5. The highest BCUT2D eigenvalue weighted by molar-refractivity contribution is 6.03. The smallest absolute Gasteiger partial charge is 0.347 e. The van der Waals surface area contributed by atoms with Crippen LogP contribution in [-0.2, 0) is 25.7 Å².